The summed E-state index contributed by atoms with van der Waals surface area (Å²) in [4.78, 5) is 21.6. The Morgan fingerprint density at radius 2 is 1.74 bits per heavy atom. The zero-order valence-corrected chi connectivity index (χ0v) is 18.9. The van der Waals surface area contributed by atoms with E-state index in [1.165, 1.54) is 23.7 Å². The van der Waals surface area contributed by atoms with Crippen molar-refractivity contribution in [2.45, 2.75) is 43.4 Å². The van der Waals surface area contributed by atoms with Gasteiger partial charge in [-0.2, -0.15) is 5.10 Å². The standard InChI is InChI=1S/C24H25N5OS/c1-16(22(30)28-18-12-10-17(11-13-18)24(2,3)4)31-23-20-14-27-29(21(20)25-15-26-23)19-8-6-5-7-9-19/h5-16H,1-4H3,(H,28,30). The Morgan fingerprint density at radius 3 is 2.42 bits per heavy atom. The predicted octanol–water partition coefficient (Wildman–Crippen LogP) is 5.23. The second-order valence-corrected chi connectivity index (χ2v) is 9.71. The number of fused-ring (bicyclic) bond motifs is 1. The predicted molar refractivity (Wildman–Crippen MR) is 126 cm³/mol. The van der Waals surface area contributed by atoms with Crippen LogP contribution in [0.5, 0.6) is 0 Å². The summed E-state index contributed by atoms with van der Waals surface area (Å²) in [6.07, 6.45) is 3.27. The van der Waals surface area contributed by atoms with Gasteiger partial charge in [0.05, 0.1) is 22.5 Å². The summed E-state index contributed by atoms with van der Waals surface area (Å²) < 4.78 is 1.78. The van der Waals surface area contributed by atoms with Crippen molar-refractivity contribution in [2.24, 2.45) is 0 Å². The zero-order valence-electron chi connectivity index (χ0n) is 18.0. The molecule has 4 rings (SSSR count). The molecule has 7 heteroatoms. The summed E-state index contributed by atoms with van der Waals surface area (Å²) in [5.74, 6) is -0.0734. The topological polar surface area (TPSA) is 72.7 Å². The van der Waals surface area contributed by atoms with Gasteiger partial charge in [0.2, 0.25) is 5.91 Å². The van der Waals surface area contributed by atoms with Gasteiger partial charge in [0.1, 0.15) is 11.4 Å². The Bertz CT molecular complexity index is 1200. The van der Waals surface area contributed by atoms with Crippen LogP contribution >= 0.6 is 11.8 Å². The number of benzene rings is 2. The molecule has 0 bridgehead atoms. The number of carbonyl (C=O) groups is 1. The first-order valence-electron chi connectivity index (χ1n) is 10.1. The second-order valence-electron chi connectivity index (χ2n) is 8.38. The molecule has 0 radical (unpaired) electrons. The molecule has 2 aromatic heterocycles. The van der Waals surface area contributed by atoms with Crippen LogP contribution in [0.3, 0.4) is 0 Å². The highest BCUT2D eigenvalue weighted by molar-refractivity contribution is 8.00. The zero-order chi connectivity index (χ0) is 22.0. The second kappa shape index (κ2) is 8.51. The minimum atomic E-state index is -0.333. The van der Waals surface area contributed by atoms with Crippen LogP contribution in [-0.4, -0.2) is 30.9 Å². The first-order chi connectivity index (χ1) is 14.8. The highest BCUT2D eigenvalue weighted by Crippen LogP contribution is 2.29. The van der Waals surface area contributed by atoms with Gasteiger partial charge >= 0.3 is 0 Å². The van der Waals surface area contributed by atoms with Crippen LogP contribution in [0.2, 0.25) is 0 Å². The molecule has 1 unspecified atom stereocenters. The van der Waals surface area contributed by atoms with Gasteiger partial charge in [-0.25, -0.2) is 14.6 Å². The van der Waals surface area contributed by atoms with Crippen LogP contribution in [0, 0.1) is 0 Å². The summed E-state index contributed by atoms with van der Waals surface area (Å²) in [5.41, 5.74) is 3.74. The monoisotopic (exact) mass is 431 g/mol. The normalized spacial score (nSPS) is 12.6. The number of para-hydroxylation sites is 1. The van der Waals surface area contributed by atoms with E-state index in [9.17, 15) is 4.79 Å². The Kier molecular flexibility index (Phi) is 5.78. The molecule has 1 atom stereocenters. The number of hydrogen-bond donors (Lipinski definition) is 1. The van der Waals surface area contributed by atoms with Crippen LogP contribution in [0.15, 0.2) is 72.1 Å². The van der Waals surface area contributed by atoms with E-state index in [4.69, 9.17) is 0 Å². The van der Waals surface area contributed by atoms with Gasteiger partial charge in [-0.3, -0.25) is 4.79 Å². The molecule has 31 heavy (non-hydrogen) atoms. The first kappa shape index (κ1) is 21.1. The molecule has 0 fully saturated rings. The molecule has 158 valence electrons. The van der Waals surface area contributed by atoms with Gasteiger partial charge in [-0.05, 0) is 42.2 Å². The van der Waals surface area contributed by atoms with E-state index in [-0.39, 0.29) is 16.6 Å². The molecule has 1 amide bonds. The summed E-state index contributed by atoms with van der Waals surface area (Å²) in [5, 5.41) is 8.70. The molecule has 2 heterocycles. The van der Waals surface area contributed by atoms with Gasteiger partial charge in [0.15, 0.2) is 5.65 Å². The van der Waals surface area contributed by atoms with E-state index in [1.807, 2.05) is 49.4 Å². The fraction of sp³-hybridized carbons (Fsp3) is 0.250. The van der Waals surface area contributed by atoms with E-state index in [0.29, 0.717) is 5.65 Å². The third-order valence-corrected chi connectivity index (χ3v) is 6.12. The van der Waals surface area contributed by atoms with Gasteiger partial charge < -0.3 is 5.32 Å². The summed E-state index contributed by atoms with van der Waals surface area (Å²) >= 11 is 1.40. The summed E-state index contributed by atoms with van der Waals surface area (Å²) in [6.45, 7) is 8.38. The highest BCUT2D eigenvalue weighted by atomic mass is 32.2. The first-order valence-corrected chi connectivity index (χ1v) is 11.0. The van der Waals surface area contributed by atoms with Crippen molar-refractivity contribution in [3.8, 4) is 5.69 Å². The van der Waals surface area contributed by atoms with Gasteiger partial charge in [-0.15, -0.1) is 0 Å². The van der Waals surface area contributed by atoms with E-state index in [1.54, 1.807) is 10.9 Å². The molecule has 0 aliphatic heterocycles. The third kappa shape index (κ3) is 4.61. The van der Waals surface area contributed by atoms with Crippen LogP contribution in [0.25, 0.3) is 16.7 Å². The fourth-order valence-electron chi connectivity index (χ4n) is 3.19. The quantitative estimate of drug-likeness (QED) is 0.346. The minimum absolute atomic E-state index is 0.0734. The van der Waals surface area contributed by atoms with Crippen molar-refractivity contribution < 1.29 is 4.79 Å². The minimum Gasteiger partial charge on any atom is -0.325 e. The molecule has 0 spiro atoms. The van der Waals surface area contributed by atoms with Gasteiger partial charge in [0, 0.05) is 5.69 Å². The van der Waals surface area contributed by atoms with Crippen molar-refractivity contribution in [3.05, 3.63) is 72.7 Å². The van der Waals surface area contributed by atoms with Crippen LogP contribution in [-0.2, 0) is 10.2 Å². The molecule has 4 aromatic rings. The molecule has 2 aromatic carbocycles. The highest BCUT2D eigenvalue weighted by Gasteiger charge is 2.19. The Balaban J connectivity index is 1.50. The maximum absolute atomic E-state index is 12.8. The number of carbonyl (C=O) groups excluding carboxylic acids is 1. The lowest BCUT2D eigenvalue weighted by Crippen LogP contribution is -2.22. The summed E-state index contributed by atoms with van der Waals surface area (Å²) in [6, 6.07) is 17.8. The molecular weight excluding hydrogens is 406 g/mol. The van der Waals surface area contributed by atoms with Crippen molar-refractivity contribution in [1.29, 1.82) is 0 Å². The third-order valence-electron chi connectivity index (χ3n) is 5.01. The van der Waals surface area contributed by atoms with Crippen molar-refractivity contribution in [3.63, 3.8) is 0 Å². The van der Waals surface area contributed by atoms with Gasteiger partial charge in [-0.1, -0.05) is 62.9 Å². The molecular formula is C24H25N5OS. The van der Waals surface area contributed by atoms with Crippen molar-refractivity contribution in [2.75, 3.05) is 5.32 Å². The Labute approximate surface area is 186 Å². The van der Waals surface area contributed by atoms with Crippen molar-refractivity contribution in [1.82, 2.24) is 19.7 Å². The molecule has 6 nitrogen and oxygen atoms in total. The lowest BCUT2D eigenvalue weighted by Gasteiger charge is -2.19. The lowest BCUT2D eigenvalue weighted by atomic mass is 9.87. The van der Waals surface area contributed by atoms with Crippen LogP contribution < -0.4 is 5.32 Å². The fourth-order valence-corrected chi connectivity index (χ4v) is 4.07. The number of amides is 1. The smallest absolute Gasteiger partial charge is 0.237 e. The van der Waals surface area contributed by atoms with E-state index >= 15 is 0 Å². The van der Waals surface area contributed by atoms with Crippen LogP contribution in [0.4, 0.5) is 5.69 Å². The molecule has 1 N–H and O–H groups in total. The largest absolute Gasteiger partial charge is 0.325 e. The van der Waals surface area contributed by atoms with Crippen LogP contribution in [0.1, 0.15) is 33.3 Å². The Morgan fingerprint density at radius 1 is 1.03 bits per heavy atom. The van der Waals surface area contributed by atoms with Gasteiger partial charge in [0.25, 0.3) is 0 Å². The average molecular weight is 432 g/mol. The molecule has 0 aliphatic rings. The van der Waals surface area contributed by atoms with E-state index in [2.05, 4.69) is 53.3 Å². The molecule has 0 saturated carbocycles. The SMILES string of the molecule is CC(Sc1ncnc2c1cnn2-c1ccccc1)C(=O)Nc1ccc(C(C)(C)C)cc1. The van der Waals surface area contributed by atoms with Crippen molar-refractivity contribution >= 4 is 34.4 Å². The number of hydrogen-bond acceptors (Lipinski definition) is 5. The average Bonchev–Trinajstić information content (AvgIpc) is 3.19. The van der Waals surface area contributed by atoms with E-state index < -0.39 is 0 Å². The Hall–Kier alpha value is -3.19. The lowest BCUT2D eigenvalue weighted by molar-refractivity contribution is -0.115. The summed E-state index contributed by atoms with van der Waals surface area (Å²) in [7, 11) is 0. The van der Waals surface area contributed by atoms with E-state index in [0.717, 1.165) is 21.8 Å². The maximum atomic E-state index is 12.8. The molecule has 0 saturated heterocycles. The molecule has 0 aliphatic carbocycles. The number of thioether (sulfide) groups is 1. The number of nitrogens with one attached hydrogen (secondary N) is 1. The number of rotatable bonds is 5. The number of nitrogens with zero attached hydrogens (tertiary/aromatic N) is 4. The maximum Gasteiger partial charge on any atom is 0.237 e. The number of anilines is 1. The number of aromatic nitrogens is 4.